The minimum atomic E-state index is 0. The van der Waals surface area contributed by atoms with Crippen LogP contribution < -0.4 is 10.6 Å². The minimum absolute atomic E-state index is 0. The average Bonchev–Trinajstić information content (AvgIpc) is 2.81. The number of hydrogen-bond acceptors (Lipinski definition) is 2. The van der Waals surface area contributed by atoms with Gasteiger partial charge >= 0.3 is 0 Å². The molecule has 100 valence electrons. The third-order valence-corrected chi connectivity index (χ3v) is 3.78. The summed E-state index contributed by atoms with van der Waals surface area (Å²) in [7, 11) is 0. The van der Waals surface area contributed by atoms with Gasteiger partial charge in [-0.2, -0.15) is 0 Å². The van der Waals surface area contributed by atoms with E-state index in [1.807, 2.05) is 18.2 Å². The largest absolute Gasteiger partial charge is 0.352 e. The first-order chi connectivity index (χ1) is 8.25. The molecule has 0 aliphatic carbocycles. The molecule has 1 aliphatic rings. The van der Waals surface area contributed by atoms with Crippen LogP contribution in [0, 0.1) is 0 Å². The van der Waals surface area contributed by atoms with Gasteiger partial charge in [-0.25, -0.2) is 0 Å². The van der Waals surface area contributed by atoms with Crippen LogP contribution in [-0.2, 0) is 11.2 Å². The lowest BCUT2D eigenvalue weighted by Gasteiger charge is -2.11. The maximum atomic E-state index is 11.7. The Balaban J connectivity index is 0.00000162. The van der Waals surface area contributed by atoms with Gasteiger partial charge in [0, 0.05) is 23.5 Å². The zero-order valence-corrected chi connectivity index (χ0v) is 12.5. The molecule has 1 atom stereocenters. The fourth-order valence-corrected chi connectivity index (χ4v) is 2.51. The van der Waals surface area contributed by atoms with E-state index in [-0.39, 0.29) is 18.3 Å². The van der Waals surface area contributed by atoms with Crippen LogP contribution in [0.25, 0.3) is 0 Å². The molecule has 1 amide bonds. The molecule has 1 aromatic rings. The quantitative estimate of drug-likeness (QED) is 0.887. The van der Waals surface area contributed by atoms with E-state index in [2.05, 4.69) is 32.6 Å². The predicted molar refractivity (Wildman–Crippen MR) is 79.1 cm³/mol. The Hall–Kier alpha value is -0.580. The second-order valence-corrected chi connectivity index (χ2v) is 5.20. The summed E-state index contributed by atoms with van der Waals surface area (Å²) in [6.07, 6.45) is 2.38. The summed E-state index contributed by atoms with van der Waals surface area (Å²) in [6.45, 7) is 1.91. The lowest BCUT2D eigenvalue weighted by atomic mass is 10.1. The SMILES string of the molecule is Cl.O=C(CCc1ccccc1Br)NC1CCNC1. The van der Waals surface area contributed by atoms with Crippen LogP contribution in [0.2, 0.25) is 0 Å². The van der Waals surface area contributed by atoms with Crippen LogP contribution in [0.4, 0.5) is 0 Å². The number of aryl methyl sites for hydroxylation is 1. The highest BCUT2D eigenvalue weighted by molar-refractivity contribution is 9.10. The van der Waals surface area contributed by atoms with E-state index < -0.39 is 0 Å². The summed E-state index contributed by atoms with van der Waals surface area (Å²) < 4.78 is 1.08. The van der Waals surface area contributed by atoms with Crippen LogP contribution in [0.5, 0.6) is 0 Å². The van der Waals surface area contributed by atoms with Gasteiger partial charge in [-0.3, -0.25) is 4.79 Å². The molecule has 1 heterocycles. The fourth-order valence-electron chi connectivity index (χ4n) is 2.03. The Morgan fingerprint density at radius 1 is 1.44 bits per heavy atom. The molecule has 1 unspecified atom stereocenters. The van der Waals surface area contributed by atoms with E-state index >= 15 is 0 Å². The van der Waals surface area contributed by atoms with Gasteiger partial charge in [-0.1, -0.05) is 34.1 Å². The molecule has 0 aromatic heterocycles. The smallest absolute Gasteiger partial charge is 0.220 e. The van der Waals surface area contributed by atoms with Crippen molar-refractivity contribution in [3.63, 3.8) is 0 Å². The summed E-state index contributed by atoms with van der Waals surface area (Å²) in [4.78, 5) is 11.7. The van der Waals surface area contributed by atoms with Gasteiger partial charge in [0.25, 0.3) is 0 Å². The van der Waals surface area contributed by atoms with E-state index in [0.29, 0.717) is 12.5 Å². The number of amides is 1. The van der Waals surface area contributed by atoms with Gasteiger partial charge in [0.1, 0.15) is 0 Å². The van der Waals surface area contributed by atoms with Crippen molar-refractivity contribution in [1.29, 1.82) is 0 Å². The highest BCUT2D eigenvalue weighted by Crippen LogP contribution is 2.17. The van der Waals surface area contributed by atoms with Crippen molar-refractivity contribution in [2.75, 3.05) is 13.1 Å². The molecule has 1 saturated heterocycles. The maximum Gasteiger partial charge on any atom is 0.220 e. The molecule has 0 saturated carbocycles. The Morgan fingerprint density at radius 2 is 2.22 bits per heavy atom. The topological polar surface area (TPSA) is 41.1 Å². The van der Waals surface area contributed by atoms with Gasteiger partial charge in [-0.15, -0.1) is 12.4 Å². The van der Waals surface area contributed by atoms with Crippen molar-refractivity contribution in [2.45, 2.75) is 25.3 Å². The maximum absolute atomic E-state index is 11.7. The van der Waals surface area contributed by atoms with Crippen molar-refractivity contribution in [1.82, 2.24) is 10.6 Å². The molecular formula is C13H18BrClN2O. The van der Waals surface area contributed by atoms with Gasteiger partial charge in [0.2, 0.25) is 5.91 Å². The molecule has 1 fully saturated rings. The number of carbonyl (C=O) groups excluding carboxylic acids is 1. The summed E-state index contributed by atoms with van der Waals surface area (Å²) in [5.74, 6) is 0.148. The summed E-state index contributed by atoms with van der Waals surface area (Å²) in [5.41, 5.74) is 1.19. The Kier molecular flexibility index (Phi) is 6.68. The summed E-state index contributed by atoms with van der Waals surface area (Å²) in [5, 5.41) is 6.29. The molecule has 2 rings (SSSR count). The monoisotopic (exact) mass is 332 g/mol. The number of halogens is 2. The molecule has 3 nitrogen and oxygen atoms in total. The fraction of sp³-hybridized carbons (Fsp3) is 0.462. The zero-order chi connectivity index (χ0) is 12.1. The number of rotatable bonds is 4. The lowest BCUT2D eigenvalue weighted by molar-refractivity contribution is -0.121. The normalized spacial score (nSPS) is 18.2. The van der Waals surface area contributed by atoms with Gasteiger partial charge < -0.3 is 10.6 Å². The Labute approximate surface area is 122 Å². The van der Waals surface area contributed by atoms with Gasteiger partial charge in [0.05, 0.1) is 0 Å². The van der Waals surface area contributed by atoms with Crippen LogP contribution >= 0.6 is 28.3 Å². The molecule has 1 aromatic carbocycles. The van der Waals surface area contributed by atoms with Crippen LogP contribution in [0.3, 0.4) is 0 Å². The number of benzene rings is 1. The Bertz CT molecular complexity index is 394. The first-order valence-electron chi connectivity index (χ1n) is 5.99. The second kappa shape index (κ2) is 7.77. The standard InChI is InChI=1S/C13H17BrN2O.ClH/c14-12-4-2-1-3-10(12)5-6-13(17)16-11-7-8-15-9-11;/h1-4,11,15H,5-9H2,(H,16,17);1H. The number of nitrogens with one attached hydrogen (secondary N) is 2. The first kappa shape index (κ1) is 15.5. The van der Waals surface area contributed by atoms with Crippen molar-refractivity contribution in [2.24, 2.45) is 0 Å². The molecule has 0 bridgehead atoms. The van der Waals surface area contributed by atoms with Crippen LogP contribution in [0.15, 0.2) is 28.7 Å². The van der Waals surface area contributed by atoms with Crippen molar-refractivity contribution in [3.05, 3.63) is 34.3 Å². The average molecular weight is 334 g/mol. The predicted octanol–water partition coefficient (Wildman–Crippen LogP) is 2.28. The third-order valence-electron chi connectivity index (χ3n) is 3.00. The molecule has 18 heavy (non-hydrogen) atoms. The molecule has 5 heteroatoms. The molecule has 2 N–H and O–H groups in total. The van der Waals surface area contributed by atoms with E-state index in [9.17, 15) is 4.79 Å². The molecular weight excluding hydrogens is 316 g/mol. The lowest BCUT2D eigenvalue weighted by Crippen LogP contribution is -2.36. The van der Waals surface area contributed by atoms with Gasteiger partial charge in [-0.05, 0) is 31.0 Å². The van der Waals surface area contributed by atoms with E-state index in [1.165, 1.54) is 5.56 Å². The number of hydrogen-bond donors (Lipinski definition) is 2. The Morgan fingerprint density at radius 3 is 2.89 bits per heavy atom. The minimum Gasteiger partial charge on any atom is -0.352 e. The van der Waals surface area contributed by atoms with Crippen LogP contribution in [0.1, 0.15) is 18.4 Å². The molecule has 0 radical (unpaired) electrons. The van der Waals surface area contributed by atoms with Crippen molar-refractivity contribution < 1.29 is 4.79 Å². The molecule has 1 aliphatic heterocycles. The number of carbonyl (C=O) groups is 1. The van der Waals surface area contributed by atoms with E-state index in [1.54, 1.807) is 0 Å². The van der Waals surface area contributed by atoms with E-state index in [4.69, 9.17) is 0 Å². The van der Waals surface area contributed by atoms with Crippen molar-refractivity contribution in [3.8, 4) is 0 Å². The highest BCUT2D eigenvalue weighted by atomic mass is 79.9. The van der Waals surface area contributed by atoms with Crippen molar-refractivity contribution >= 4 is 34.2 Å². The summed E-state index contributed by atoms with van der Waals surface area (Å²) in [6, 6.07) is 8.36. The first-order valence-corrected chi connectivity index (χ1v) is 6.78. The second-order valence-electron chi connectivity index (χ2n) is 4.35. The molecule has 0 spiro atoms. The van der Waals surface area contributed by atoms with Gasteiger partial charge in [0.15, 0.2) is 0 Å². The zero-order valence-electron chi connectivity index (χ0n) is 10.1. The van der Waals surface area contributed by atoms with E-state index in [0.717, 1.165) is 30.4 Å². The van der Waals surface area contributed by atoms with Crippen LogP contribution in [-0.4, -0.2) is 25.0 Å². The third kappa shape index (κ3) is 4.59. The highest BCUT2D eigenvalue weighted by Gasteiger charge is 2.16. The summed E-state index contributed by atoms with van der Waals surface area (Å²) >= 11 is 3.49.